The number of hydrogen-bond acceptors (Lipinski definition) is 2. The summed E-state index contributed by atoms with van der Waals surface area (Å²) in [6.07, 6.45) is 3.81. The first-order chi connectivity index (χ1) is 8.09. The molecule has 0 saturated carbocycles. The monoisotopic (exact) mass is 249 g/mol. The summed E-state index contributed by atoms with van der Waals surface area (Å²) >= 11 is 6.22. The number of nitrogens with two attached hydrogens (primary N) is 1. The summed E-state index contributed by atoms with van der Waals surface area (Å²) in [4.78, 5) is 0. The molecule has 3 nitrogen and oxygen atoms in total. The zero-order valence-corrected chi connectivity index (χ0v) is 10.7. The summed E-state index contributed by atoms with van der Waals surface area (Å²) in [5.41, 5.74) is 8.18. The highest BCUT2D eigenvalue weighted by molar-refractivity contribution is 6.31. The summed E-state index contributed by atoms with van der Waals surface area (Å²) in [5, 5.41) is 5.06. The lowest BCUT2D eigenvalue weighted by atomic mass is 10.0. The minimum atomic E-state index is -0.0609. The lowest BCUT2D eigenvalue weighted by molar-refractivity contribution is 0.454. The van der Waals surface area contributed by atoms with E-state index in [9.17, 15) is 0 Å². The Bertz CT molecular complexity index is 505. The van der Waals surface area contributed by atoms with E-state index in [4.69, 9.17) is 17.3 Å². The van der Waals surface area contributed by atoms with Gasteiger partial charge in [0.15, 0.2) is 0 Å². The van der Waals surface area contributed by atoms with Gasteiger partial charge in [-0.25, -0.2) is 0 Å². The quantitative estimate of drug-likeness (QED) is 0.909. The number of nitrogens with zero attached hydrogens (tertiary/aromatic N) is 2. The molecule has 4 heteroatoms. The van der Waals surface area contributed by atoms with Crippen LogP contribution < -0.4 is 5.73 Å². The van der Waals surface area contributed by atoms with Crippen LogP contribution in [0.4, 0.5) is 0 Å². The van der Waals surface area contributed by atoms with Crippen molar-refractivity contribution in [3.05, 3.63) is 52.8 Å². The van der Waals surface area contributed by atoms with Crippen LogP contribution in [-0.2, 0) is 0 Å². The Labute approximate surface area is 106 Å². The van der Waals surface area contributed by atoms with Crippen molar-refractivity contribution in [3.63, 3.8) is 0 Å². The Morgan fingerprint density at radius 1 is 1.35 bits per heavy atom. The average molecular weight is 250 g/mol. The fourth-order valence-electron chi connectivity index (χ4n) is 1.97. The van der Waals surface area contributed by atoms with Gasteiger partial charge in [0, 0.05) is 17.3 Å². The highest BCUT2D eigenvalue weighted by Crippen LogP contribution is 2.27. The normalized spacial score (nSPS) is 14.6. The van der Waals surface area contributed by atoms with Gasteiger partial charge in [-0.2, -0.15) is 5.10 Å². The lowest BCUT2D eigenvalue weighted by Crippen LogP contribution is -2.30. The maximum absolute atomic E-state index is 6.22. The average Bonchev–Trinajstić information content (AvgIpc) is 2.68. The zero-order chi connectivity index (χ0) is 12.4. The molecule has 0 aliphatic carbocycles. The molecule has 2 unspecified atom stereocenters. The minimum absolute atomic E-state index is 0.0302. The molecule has 0 spiro atoms. The molecule has 1 aromatic heterocycles. The van der Waals surface area contributed by atoms with Gasteiger partial charge < -0.3 is 5.73 Å². The van der Waals surface area contributed by atoms with Crippen molar-refractivity contribution in [1.29, 1.82) is 0 Å². The summed E-state index contributed by atoms with van der Waals surface area (Å²) in [5.74, 6) is 0. The number of aromatic nitrogens is 2. The highest BCUT2D eigenvalue weighted by atomic mass is 35.5. The molecule has 0 bridgehead atoms. The van der Waals surface area contributed by atoms with Crippen LogP contribution in [0.2, 0.25) is 5.02 Å². The molecule has 2 rings (SSSR count). The van der Waals surface area contributed by atoms with E-state index in [0.29, 0.717) is 0 Å². The molecular formula is C13H16ClN3. The van der Waals surface area contributed by atoms with Gasteiger partial charge in [0.2, 0.25) is 0 Å². The Balaban J connectivity index is 2.47. The van der Waals surface area contributed by atoms with Gasteiger partial charge in [0.25, 0.3) is 0 Å². The third-order valence-corrected chi connectivity index (χ3v) is 3.08. The van der Waals surface area contributed by atoms with Crippen molar-refractivity contribution in [2.45, 2.75) is 25.9 Å². The van der Waals surface area contributed by atoms with Crippen LogP contribution >= 0.6 is 11.6 Å². The van der Waals surface area contributed by atoms with Crippen molar-refractivity contribution in [2.24, 2.45) is 5.73 Å². The van der Waals surface area contributed by atoms with Crippen molar-refractivity contribution in [3.8, 4) is 0 Å². The van der Waals surface area contributed by atoms with Gasteiger partial charge in [-0.15, -0.1) is 0 Å². The summed E-state index contributed by atoms with van der Waals surface area (Å²) in [7, 11) is 0. The van der Waals surface area contributed by atoms with Gasteiger partial charge in [0.1, 0.15) is 0 Å². The van der Waals surface area contributed by atoms with E-state index in [1.165, 1.54) is 0 Å². The van der Waals surface area contributed by atoms with Crippen LogP contribution in [-0.4, -0.2) is 15.8 Å². The van der Waals surface area contributed by atoms with Crippen molar-refractivity contribution >= 4 is 11.6 Å². The first-order valence-corrected chi connectivity index (χ1v) is 5.98. The van der Waals surface area contributed by atoms with Crippen LogP contribution in [0.15, 0.2) is 36.7 Å². The van der Waals surface area contributed by atoms with Gasteiger partial charge >= 0.3 is 0 Å². The standard InChI is InChI=1S/C13H16ClN3/c1-9-7-16-17(8-9)13(10(2)15)11-5-3-4-6-12(11)14/h3-8,10,13H,15H2,1-2H3. The third-order valence-electron chi connectivity index (χ3n) is 2.74. The number of rotatable bonds is 3. The second kappa shape index (κ2) is 4.90. The molecule has 0 aliphatic heterocycles. The van der Waals surface area contributed by atoms with E-state index in [2.05, 4.69) is 5.10 Å². The molecule has 0 saturated heterocycles. The van der Waals surface area contributed by atoms with Crippen molar-refractivity contribution in [2.75, 3.05) is 0 Å². The smallest absolute Gasteiger partial charge is 0.0930 e. The van der Waals surface area contributed by atoms with Crippen LogP contribution in [0, 0.1) is 6.92 Å². The third kappa shape index (κ3) is 2.51. The Hall–Kier alpha value is -1.32. The van der Waals surface area contributed by atoms with Crippen molar-refractivity contribution < 1.29 is 0 Å². The maximum atomic E-state index is 6.22. The fraction of sp³-hybridized carbons (Fsp3) is 0.308. The maximum Gasteiger partial charge on any atom is 0.0930 e. The molecule has 2 aromatic rings. The largest absolute Gasteiger partial charge is 0.326 e. The minimum Gasteiger partial charge on any atom is -0.326 e. The van der Waals surface area contributed by atoms with Crippen LogP contribution in [0.3, 0.4) is 0 Å². The second-order valence-electron chi connectivity index (χ2n) is 4.32. The predicted octanol–water partition coefficient (Wildman–Crippen LogP) is 2.78. The Kier molecular flexibility index (Phi) is 3.50. The molecule has 0 amide bonds. The lowest BCUT2D eigenvalue weighted by Gasteiger charge is -2.22. The SMILES string of the molecule is Cc1cnn(C(c2ccccc2Cl)C(C)N)c1. The zero-order valence-electron chi connectivity index (χ0n) is 9.97. The van der Waals surface area contributed by atoms with Gasteiger partial charge in [-0.05, 0) is 31.0 Å². The van der Waals surface area contributed by atoms with E-state index in [1.807, 2.05) is 55.2 Å². The number of aryl methyl sites for hydroxylation is 1. The second-order valence-corrected chi connectivity index (χ2v) is 4.73. The molecule has 2 atom stereocenters. The number of benzene rings is 1. The summed E-state index contributed by atoms with van der Waals surface area (Å²) in [6.45, 7) is 3.97. The van der Waals surface area contributed by atoms with Crippen LogP contribution in [0.1, 0.15) is 24.1 Å². The Morgan fingerprint density at radius 3 is 2.59 bits per heavy atom. The van der Waals surface area contributed by atoms with E-state index in [1.54, 1.807) is 0 Å². The number of hydrogen-bond donors (Lipinski definition) is 1. The molecule has 1 aromatic carbocycles. The molecule has 2 N–H and O–H groups in total. The predicted molar refractivity (Wildman–Crippen MR) is 70.2 cm³/mol. The van der Waals surface area contributed by atoms with Crippen LogP contribution in [0.25, 0.3) is 0 Å². The van der Waals surface area contributed by atoms with Gasteiger partial charge in [-0.3, -0.25) is 4.68 Å². The van der Waals surface area contributed by atoms with Gasteiger partial charge in [-0.1, -0.05) is 29.8 Å². The topological polar surface area (TPSA) is 43.8 Å². The van der Waals surface area contributed by atoms with E-state index in [-0.39, 0.29) is 12.1 Å². The molecule has 0 aliphatic rings. The molecule has 0 radical (unpaired) electrons. The first kappa shape index (κ1) is 12.1. The van der Waals surface area contributed by atoms with E-state index >= 15 is 0 Å². The molecule has 90 valence electrons. The molecule has 17 heavy (non-hydrogen) atoms. The fourth-order valence-corrected chi connectivity index (χ4v) is 2.21. The van der Waals surface area contributed by atoms with Crippen molar-refractivity contribution in [1.82, 2.24) is 9.78 Å². The summed E-state index contributed by atoms with van der Waals surface area (Å²) < 4.78 is 1.88. The number of halogens is 1. The van der Waals surface area contributed by atoms with Crippen LogP contribution in [0.5, 0.6) is 0 Å². The van der Waals surface area contributed by atoms with Gasteiger partial charge in [0.05, 0.1) is 12.2 Å². The molecular weight excluding hydrogens is 234 g/mol. The van der Waals surface area contributed by atoms with E-state index < -0.39 is 0 Å². The summed E-state index contributed by atoms with van der Waals surface area (Å²) in [6, 6.07) is 7.66. The molecule has 1 heterocycles. The highest BCUT2D eigenvalue weighted by Gasteiger charge is 2.21. The van der Waals surface area contributed by atoms with E-state index in [0.717, 1.165) is 16.1 Å². The Morgan fingerprint density at radius 2 is 2.06 bits per heavy atom. The molecule has 0 fully saturated rings. The first-order valence-electron chi connectivity index (χ1n) is 5.60.